The van der Waals surface area contributed by atoms with Crippen molar-refractivity contribution in [3.63, 3.8) is 0 Å². The summed E-state index contributed by atoms with van der Waals surface area (Å²) >= 11 is 0. The Morgan fingerprint density at radius 3 is 1.33 bits per heavy atom. The van der Waals surface area contributed by atoms with Crippen LogP contribution in [0.1, 0.15) is 20.8 Å². The van der Waals surface area contributed by atoms with Gasteiger partial charge in [0.05, 0.1) is 26.9 Å². The van der Waals surface area contributed by atoms with Crippen molar-refractivity contribution >= 4 is 8.17 Å². The van der Waals surface area contributed by atoms with E-state index in [1.165, 1.54) is 7.11 Å². The fourth-order valence-electron chi connectivity index (χ4n) is 0.744. The molecule has 0 rings (SSSR count). The number of hydrogen-bond donors (Lipinski definition) is 0. The van der Waals surface area contributed by atoms with Gasteiger partial charge in [-0.3, -0.25) is 0 Å². The monoisotopic (exact) mass is 197 g/mol. The molecule has 0 aliphatic heterocycles. The predicted molar refractivity (Wildman–Crippen MR) is 48.8 cm³/mol. The van der Waals surface area contributed by atoms with Gasteiger partial charge in [-0.15, -0.1) is 0 Å². The maximum absolute atomic E-state index is 5.30. The number of hydrogen-bond acceptors (Lipinski definition) is 4. The summed E-state index contributed by atoms with van der Waals surface area (Å²) in [7, 11) is -0.941. The van der Waals surface area contributed by atoms with Crippen molar-refractivity contribution in [2.24, 2.45) is 0 Å². The second-order valence-electron chi connectivity index (χ2n) is 1.88. The molecule has 0 N–H and O–H groups in total. The highest BCUT2D eigenvalue weighted by molar-refractivity contribution is 7.56. The first-order valence-corrected chi connectivity index (χ1v) is 5.59. The van der Waals surface area contributed by atoms with Crippen LogP contribution in [0.3, 0.4) is 0 Å². The van der Waals surface area contributed by atoms with Crippen LogP contribution in [-0.4, -0.2) is 26.9 Å². The Bertz CT molecular complexity index is 92.6. The second-order valence-corrected chi connectivity index (χ2v) is 3.92. The van der Waals surface area contributed by atoms with Gasteiger partial charge in [0.2, 0.25) is 0 Å². The van der Waals surface area contributed by atoms with E-state index in [0.717, 1.165) is 0 Å². The van der Waals surface area contributed by atoms with E-state index in [1.54, 1.807) is 0 Å². The van der Waals surface area contributed by atoms with Gasteiger partial charge < -0.3 is 0 Å². The van der Waals surface area contributed by atoms with Gasteiger partial charge in [-0.05, 0) is 20.8 Å². The highest BCUT2D eigenvalue weighted by Gasteiger charge is 2.46. The van der Waals surface area contributed by atoms with Gasteiger partial charge in [0.25, 0.3) is 0 Å². The Morgan fingerprint density at radius 2 is 1.17 bits per heavy atom. The quantitative estimate of drug-likeness (QED) is 0.587. The molecule has 0 heterocycles. The summed E-state index contributed by atoms with van der Waals surface area (Å²) in [5.74, 6) is 0. The van der Waals surface area contributed by atoms with Crippen LogP contribution in [0.4, 0.5) is 0 Å². The molecule has 0 spiro atoms. The second kappa shape index (κ2) is 6.75. The van der Waals surface area contributed by atoms with Gasteiger partial charge in [-0.2, -0.15) is 18.1 Å². The zero-order chi connectivity index (χ0) is 9.45. The zero-order valence-electron chi connectivity index (χ0n) is 8.20. The SMILES string of the molecule is CCO[P+](OC)(OCC)OCC. The summed E-state index contributed by atoms with van der Waals surface area (Å²) in [5.41, 5.74) is 0. The third kappa shape index (κ3) is 3.78. The van der Waals surface area contributed by atoms with Gasteiger partial charge in [0.15, 0.2) is 0 Å². The molecule has 0 saturated carbocycles. The molecule has 0 amide bonds. The molecule has 12 heavy (non-hydrogen) atoms. The zero-order valence-corrected chi connectivity index (χ0v) is 9.10. The average Bonchev–Trinajstić information content (AvgIpc) is 2.06. The Hall–Kier alpha value is 0.270. The first-order valence-electron chi connectivity index (χ1n) is 4.13. The van der Waals surface area contributed by atoms with Crippen molar-refractivity contribution in [3.05, 3.63) is 0 Å². The smallest absolute Gasteiger partial charge is 0.156 e. The predicted octanol–water partition coefficient (Wildman–Crippen LogP) is 2.42. The van der Waals surface area contributed by atoms with E-state index in [4.69, 9.17) is 18.1 Å². The van der Waals surface area contributed by atoms with E-state index >= 15 is 0 Å². The molecule has 0 aromatic heterocycles. The molecule has 0 aliphatic carbocycles. The maximum atomic E-state index is 5.30. The molecule has 0 aliphatic rings. The highest BCUT2D eigenvalue weighted by Crippen LogP contribution is 2.62. The molecule has 74 valence electrons. The molecule has 0 aromatic rings. The summed E-state index contributed by atoms with van der Waals surface area (Å²) in [6.07, 6.45) is 0. The molecule has 0 unspecified atom stereocenters. The van der Waals surface area contributed by atoms with Crippen molar-refractivity contribution in [2.45, 2.75) is 20.8 Å². The molecule has 4 nitrogen and oxygen atoms in total. The molecule has 0 atom stereocenters. The van der Waals surface area contributed by atoms with Crippen LogP contribution < -0.4 is 0 Å². The van der Waals surface area contributed by atoms with Gasteiger partial charge in [-0.1, -0.05) is 0 Å². The van der Waals surface area contributed by atoms with Crippen LogP contribution in [0.5, 0.6) is 0 Å². The van der Waals surface area contributed by atoms with Gasteiger partial charge in [0.1, 0.15) is 0 Å². The third-order valence-electron chi connectivity index (χ3n) is 1.09. The van der Waals surface area contributed by atoms with E-state index in [2.05, 4.69) is 0 Å². The van der Waals surface area contributed by atoms with E-state index < -0.39 is 8.17 Å². The van der Waals surface area contributed by atoms with Crippen LogP contribution in [0.2, 0.25) is 0 Å². The van der Waals surface area contributed by atoms with Gasteiger partial charge >= 0.3 is 8.17 Å². The summed E-state index contributed by atoms with van der Waals surface area (Å²) in [6, 6.07) is 0. The van der Waals surface area contributed by atoms with Gasteiger partial charge in [-0.25, -0.2) is 0 Å². The maximum Gasteiger partial charge on any atom is 0.574 e. The molecule has 0 fully saturated rings. The Kier molecular flexibility index (Phi) is 6.90. The molecular weight excluding hydrogens is 179 g/mol. The van der Waals surface area contributed by atoms with Crippen molar-refractivity contribution in [1.29, 1.82) is 0 Å². The van der Waals surface area contributed by atoms with Crippen molar-refractivity contribution in [3.8, 4) is 0 Å². The van der Waals surface area contributed by atoms with Crippen LogP contribution in [0, 0.1) is 0 Å². The molecule has 0 radical (unpaired) electrons. The van der Waals surface area contributed by atoms with Crippen molar-refractivity contribution in [2.75, 3.05) is 26.9 Å². The molecule has 0 saturated heterocycles. The van der Waals surface area contributed by atoms with Crippen LogP contribution in [0.25, 0.3) is 0 Å². The van der Waals surface area contributed by atoms with E-state index in [1.807, 2.05) is 20.8 Å². The highest BCUT2D eigenvalue weighted by atomic mass is 31.2. The minimum atomic E-state index is -2.48. The van der Waals surface area contributed by atoms with E-state index in [-0.39, 0.29) is 0 Å². The standard InChI is InChI=1S/C7H18O4P/c1-5-9-12(8-4,10-6-2)11-7-3/h5-7H2,1-4H3/q+1. The van der Waals surface area contributed by atoms with Crippen molar-refractivity contribution in [1.82, 2.24) is 0 Å². The molecule has 5 heteroatoms. The topological polar surface area (TPSA) is 36.9 Å². The lowest BCUT2D eigenvalue weighted by Crippen LogP contribution is -2.08. The Labute approximate surface area is 74.8 Å². The minimum absolute atomic E-state index is 0.529. The molecular formula is C7H18O4P+. The van der Waals surface area contributed by atoms with Crippen molar-refractivity contribution < 1.29 is 18.1 Å². The van der Waals surface area contributed by atoms with Crippen LogP contribution >= 0.6 is 8.17 Å². The molecule has 0 bridgehead atoms. The fourth-order valence-corrected chi connectivity index (χ4v) is 2.23. The number of rotatable bonds is 7. The molecule has 0 aromatic carbocycles. The Balaban J connectivity index is 4.06. The van der Waals surface area contributed by atoms with E-state index in [0.29, 0.717) is 19.8 Å². The third-order valence-corrected chi connectivity index (χ3v) is 3.26. The lowest BCUT2D eigenvalue weighted by molar-refractivity contribution is 0.0766. The summed E-state index contributed by atoms with van der Waals surface area (Å²) in [5, 5.41) is 0. The first-order chi connectivity index (χ1) is 5.74. The Morgan fingerprint density at radius 1 is 0.833 bits per heavy atom. The van der Waals surface area contributed by atoms with Crippen LogP contribution in [-0.2, 0) is 18.1 Å². The van der Waals surface area contributed by atoms with E-state index in [9.17, 15) is 0 Å². The first kappa shape index (κ1) is 12.3. The lowest BCUT2D eigenvalue weighted by Gasteiger charge is -2.15. The van der Waals surface area contributed by atoms with Crippen LogP contribution in [0.15, 0.2) is 0 Å². The fraction of sp³-hybridized carbons (Fsp3) is 1.00. The normalized spacial score (nSPS) is 12.0. The largest absolute Gasteiger partial charge is 0.574 e. The minimum Gasteiger partial charge on any atom is -0.156 e. The summed E-state index contributed by atoms with van der Waals surface area (Å²) in [4.78, 5) is 0. The summed E-state index contributed by atoms with van der Waals surface area (Å²) in [6.45, 7) is 7.23. The van der Waals surface area contributed by atoms with Gasteiger partial charge in [0, 0.05) is 0 Å². The summed E-state index contributed by atoms with van der Waals surface area (Å²) < 4.78 is 21.0. The lowest BCUT2D eigenvalue weighted by atomic mass is 10.9. The average molecular weight is 197 g/mol.